The fraction of sp³-hybridized carbons (Fsp3) is 0.600. The largest absolute Gasteiger partial charge is 0.330 e. The molecule has 1 aromatic rings. The quantitative estimate of drug-likeness (QED) is 0.864. The minimum absolute atomic E-state index is 0.508. The highest BCUT2D eigenvalue weighted by Gasteiger charge is 2.31. The van der Waals surface area contributed by atoms with E-state index in [4.69, 9.17) is 5.73 Å². The second-order valence-electron chi connectivity index (χ2n) is 5.41. The van der Waals surface area contributed by atoms with Crippen LogP contribution in [-0.2, 0) is 0 Å². The number of hydrogen-bond acceptors (Lipinski definition) is 2. The van der Waals surface area contributed by atoms with Crippen LogP contribution in [0.4, 0.5) is 0 Å². The fourth-order valence-corrected chi connectivity index (χ4v) is 2.82. The maximum Gasteiger partial charge on any atom is 0.0360 e. The van der Waals surface area contributed by atoms with E-state index in [0.29, 0.717) is 6.04 Å². The number of rotatable bonds is 4. The van der Waals surface area contributed by atoms with Crippen LogP contribution in [0.15, 0.2) is 30.3 Å². The van der Waals surface area contributed by atoms with E-state index in [-0.39, 0.29) is 0 Å². The first kappa shape index (κ1) is 12.6. The number of benzene rings is 1. The van der Waals surface area contributed by atoms with Crippen molar-refractivity contribution in [1.82, 2.24) is 4.90 Å². The van der Waals surface area contributed by atoms with E-state index in [0.717, 1.165) is 24.8 Å². The van der Waals surface area contributed by atoms with E-state index < -0.39 is 0 Å². The summed E-state index contributed by atoms with van der Waals surface area (Å²) in [4.78, 5) is 2.61. The predicted molar refractivity (Wildman–Crippen MR) is 72.8 cm³/mol. The molecule has 0 aromatic heterocycles. The first-order valence-corrected chi connectivity index (χ1v) is 6.71. The molecule has 0 aliphatic carbocycles. The molecule has 2 heteroatoms. The highest BCUT2D eigenvalue weighted by Crippen LogP contribution is 2.32. The molecule has 0 saturated carbocycles. The van der Waals surface area contributed by atoms with E-state index in [1.54, 1.807) is 0 Å². The summed E-state index contributed by atoms with van der Waals surface area (Å²) in [6.45, 7) is 7.89. The molecule has 17 heavy (non-hydrogen) atoms. The normalized spacial score (nSPS) is 27.2. The lowest BCUT2D eigenvalue weighted by atomic mass is 10.0. The molecule has 2 rings (SSSR count). The summed E-state index contributed by atoms with van der Waals surface area (Å²) in [7, 11) is 0. The Kier molecular flexibility index (Phi) is 4.19. The lowest BCUT2D eigenvalue weighted by Crippen LogP contribution is -2.28. The number of hydrogen-bond donors (Lipinski definition) is 1. The molecule has 0 amide bonds. The standard InChI is InChI=1S/C15H24N2/c1-12-10-17(11-13(12)2)15(8-9-16)14-6-4-3-5-7-14/h3-7,12-13,15H,8-11,16H2,1-2H3. The van der Waals surface area contributed by atoms with Crippen LogP contribution in [0.25, 0.3) is 0 Å². The second kappa shape index (κ2) is 5.65. The van der Waals surface area contributed by atoms with Gasteiger partial charge < -0.3 is 5.73 Å². The summed E-state index contributed by atoms with van der Waals surface area (Å²) in [6, 6.07) is 11.3. The van der Waals surface area contributed by atoms with Gasteiger partial charge in [0.2, 0.25) is 0 Å². The topological polar surface area (TPSA) is 29.3 Å². The zero-order valence-electron chi connectivity index (χ0n) is 11.0. The third-order valence-corrected chi connectivity index (χ3v) is 4.08. The van der Waals surface area contributed by atoms with Crippen LogP contribution >= 0.6 is 0 Å². The van der Waals surface area contributed by atoms with Gasteiger partial charge in [0.1, 0.15) is 0 Å². The zero-order valence-corrected chi connectivity index (χ0v) is 11.0. The molecular formula is C15H24N2. The average Bonchev–Trinajstić information content (AvgIpc) is 2.67. The van der Waals surface area contributed by atoms with Crippen molar-refractivity contribution < 1.29 is 0 Å². The van der Waals surface area contributed by atoms with Gasteiger partial charge in [0.25, 0.3) is 0 Å². The van der Waals surface area contributed by atoms with Crippen LogP contribution in [0, 0.1) is 11.8 Å². The molecule has 1 aromatic carbocycles. The van der Waals surface area contributed by atoms with Crippen LogP contribution in [0.3, 0.4) is 0 Å². The van der Waals surface area contributed by atoms with Crippen LogP contribution in [0.5, 0.6) is 0 Å². The first-order chi connectivity index (χ1) is 8.22. The van der Waals surface area contributed by atoms with Crippen LogP contribution < -0.4 is 5.73 Å². The molecule has 1 fully saturated rings. The molecule has 2 nitrogen and oxygen atoms in total. The average molecular weight is 232 g/mol. The second-order valence-corrected chi connectivity index (χ2v) is 5.41. The summed E-state index contributed by atoms with van der Waals surface area (Å²) in [5.74, 6) is 1.61. The lowest BCUT2D eigenvalue weighted by molar-refractivity contribution is 0.225. The van der Waals surface area contributed by atoms with E-state index >= 15 is 0 Å². The summed E-state index contributed by atoms with van der Waals surface area (Å²) in [5.41, 5.74) is 7.19. The number of likely N-dealkylation sites (tertiary alicyclic amines) is 1. The van der Waals surface area contributed by atoms with Gasteiger partial charge in [-0.2, -0.15) is 0 Å². The molecule has 94 valence electrons. The molecule has 3 atom stereocenters. The van der Waals surface area contributed by atoms with Gasteiger partial charge in [0.15, 0.2) is 0 Å². The van der Waals surface area contributed by atoms with Gasteiger partial charge in [-0.15, -0.1) is 0 Å². The fourth-order valence-electron chi connectivity index (χ4n) is 2.82. The molecule has 1 aliphatic rings. The zero-order chi connectivity index (χ0) is 12.3. The van der Waals surface area contributed by atoms with Crippen LogP contribution in [0.2, 0.25) is 0 Å². The Balaban J connectivity index is 2.13. The van der Waals surface area contributed by atoms with Crippen molar-refractivity contribution in [1.29, 1.82) is 0 Å². The third-order valence-electron chi connectivity index (χ3n) is 4.08. The molecule has 0 radical (unpaired) electrons. The molecule has 1 heterocycles. The van der Waals surface area contributed by atoms with Gasteiger partial charge in [-0.1, -0.05) is 44.2 Å². The SMILES string of the molecule is CC1CN(C(CCN)c2ccccc2)CC1C. The Labute approximate surface area is 105 Å². The first-order valence-electron chi connectivity index (χ1n) is 6.71. The van der Waals surface area contributed by atoms with Crippen molar-refractivity contribution in [2.45, 2.75) is 26.3 Å². The maximum atomic E-state index is 5.78. The van der Waals surface area contributed by atoms with E-state index in [2.05, 4.69) is 49.1 Å². The molecule has 3 unspecified atom stereocenters. The monoisotopic (exact) mass is 232 g/mol. The van der Waals surface area contributed by atoms with E-state index in [9.17, 15) is 0 Å². The highest BCUT2D eigenvalue weighted by molar-refractivity contribution is 5.19. The minimum atomic E-state index is 0.508. The summed E-state index contributed by atoms with van der Waals surface area (Å²) in [6.07, 6.45) is 1.06. The highest BCUT2D eigenvalue weighted by atomic mass is 15.2. The molecular weight excluding hydrogens is 208 g/mol. The molecule has 0 bridgehead atoms. The Morgan fingerprint density at radius 1 is 1.18 bits per heavy atom. The molecule has 1 saturated heterocycles. The van der Waals surface area contributed by atoms with Gasteiger partial charge in [-0.25, -0.2) is 0 Å². The molecule has 2 N–H and O–H groups in total. The van der Waals surface area contributed by atoms with Crippen molar-refractivity contribution in [2.24, 2.45) is 17.6 Å². The van der Waals surface area contributed by atoms with E-state index in [1.807, 2.05) is 0 Å². The Bertz CT molecular complexity index is 326. The van der Waals surface area contributed by atoms with Gasteiger partial charge >= 0.3 is 0 Å². The molecule has 1 aliphatic heterocycles. The number of nitrogens with two attached hydrogens (primary N) is 1. The van der Waals surface area contributed by atoms with Crippen molar-refractivity contribution in [3.8, 4) is 0 Å². The van der Waals surface area contributed by atoms with Gasteiger partial charge in [-0.05, 0) is 30.4 Å². The van der Waals surface area contributed by atoms with E-state index in [1.165, 1.54) is 18.7 Å². The van der Waals surface area contributed by atoms with Crippen LogP contribution in [-0.4, -0.2) is 24.5 Å². The summed E-state index contributed by atoms with van der Waals surface area (Å²) < 4.78 is 0. The van der Waals surface area contributed by atoms with Gasteiger partial charge in [0.05, 0.1) is 0 Å². The summed E-state index contributed by atoms with van der Waals surface area (Å²) in [5, 5.41) is 0. The van der Waals surface area contributed by atoms with Gasteiger partial charge in [0, 0.05) is 19.1 Å². The number of nitrogens with zero attached hydrogens (tertiary/aromatic N) is 1. The smallest absolute Gasteiger partial charge is 0.0360 e. The lowest BCUT2D eigenvalue weighted by Gasteiger charge is -2.28. The van der Waals surface area contributed by atoms with Crippen molar-refractivity contribution in [3.05, 3.63) is 35.9 Å². The van der Waals surface area contributed by atoms with Crippen molar-refractivity contribution in [2.75, 3.05) is 19.6 Å². The Morgan fingerprint density at radius 3 is 2.29 bits per heavy atom. The Hall–Kier alpha value is -0.860. The molecule has 0 spiro atoms. The summed E-state index contributed by atoms with van der Waals surface area (Å²) >= 11 is 0. The maximum absolute atomic E-state index is 5.78. The van der Waals surface area contributed by atoms with Gasteiger partial charge in [-0.3, -0.25) is 4.90 Å². The minimum Gasteiger partial charge on any atom is -0.330 e. The van der Waals surface area contributed by atoms with Crippen molar-refractivity contribution >= 4 is 0 Å². The predicted octanol–water partition coefficient (Wildman–Crippen LogP) is 2.66. The van der Waals surface area contributed by atoms with Crippen LogP contribution in [0.1, 0.15) is 31.9 Å². The Morgan fingerprint density at radius 2 is 1.76 bits per heavy atom. The van der Waals surface area contributed by atoms with Crippen molar-refractivity contribution in [3.63, 3.8) is 0 Å². The third kappa shape index (κ3) is 2.88.